The van der Waals surface area contributed by atoms with E-state index in [-0.39, 0.29) is 35.7 Å². The van der Waals surface area contributed by atoms with Crippen LogP contribution in [0.15, 0.2) is 21.9 Å². The van der Waals surface area contributed by atoms with E-state index in [0.717, 1.165) is 6.92 Å². The van der Waals surface area contributed by atoms with Crippen molar-refractivity contribution in [1.29, 1.82) is 0 Å². The Morgan fingerprint density at radius 1 is 0.759 bits per heavy atom. The largest absolute Gasteiger partial charge is 0.481 e. The molecule has 0 saturated carbocycles. The molecule has 2 aromatic carbocycles. The molecule has 0 fully saturated rings. The Balaban J connectivity index is 2.28. The van der Waals surface area contributed by atoms with Gasteiger partial charge in [-0.3, -0.25) is 4.79 Å². The fourth-order valence-electron chi connectivity index (χ4n) is 1.98. The third-order valence-corrected chi connectivity index (χ3v) is 6.59. The third kappa shape index (κ3) is 4.80. The first-order valence-electron chi connectivity index (χ1n) is 7.54. The van der Waals surface area contributed by atoms with Gasteiger partial charge in [-0.1, -0.05) is 0 Å². The van der Waals surface area contributed by atoms with Gasteiger partial charge in [-0.25, -0.2) is 35.1 Å². The van der Waals surface area contributed by atoms with Crippen molar-refractivity contribution in [2.24, 2.45) is 5.41 Å². The highest BCUT2D eigenvalue weighted by atomic mass is 32.2. The SMILES string of the molecule is CC(CSc1c(F)c(F)cc(F)c1F)(CSc1c(F)c(F)cc(F)c1F)C(=O)O. The van der Waals surface area contributed by atoms with Gasteiger partial charge in [0, 0.05) is 23.6 Å². The topological polar surface area (TPSA) is 37.3 Å². The Bertz CT molecular complexity index is 847. The van der Waals surface area contributed by atoms with Crippen molar-refractivity contribution >= 4 is 29.5 Å². The second kappa shape index (κ2) is 8.82. The number of carbonyl (C=O) groups is 1. The van der Waals surface area contributed by atoms with E-state index in [9.17, 15) is 45.0 Å². The highest BCUT2D eigenvalue weighted by molar-refractivity contribution is 8.00. The molecule has 0 spiro atoms. The van der Waals surface area contributed by atoms with Crippen molar-refractivity contribution in [3.63, 3.8) is 0 Å². The van der Waals surface area contributed by atoms with Crippen molar-refractivity contribution < 1.29 is 45.0 Å². The van der Waals surface area contributed by atoms with Gasteiger partial charge < -0.3 is 5.11 Å². The van der Waals surface area contributed by atoms with Crippen LogP contribution in [0.5, 0.6) is 0 Å². The molecule has 0 unspecified atom stereocenters. The average molecular weight is 462 g/mol. The van der Waals surface area contributed by atoms with Crippen LogP contribution >= 0.6 is 23.5 Å². The molecule has 12 heteroatoms. The molecule has 0 aromatic heterocycles. The van der Waals surface area contributed by atoms with Gasteiger partial charge in [-0.2, -0.15) is 0 Å². The molecule has 2 rings (SSSR count). The molecule has 0 aliphatic carbocycles. The number of aliphatic carboxylic acids is 1. The Morgan fingerprint density at radius 2 is 1.03 bits per heavy atom. The van der Waals surface area contributed by atoms with Crippen LogP contribution in [0.2, 0.25) is 0 Å². The van der Waals surface area contributed by atoms with Crippen LogP contribution in [0.25, 0.3) is 0 Å². The Kier molecular flexibility index (Phi) is 7.10. The van der Waals surface area contributed by atoms with Crippen molar-refractivity contribution in [1.82, 2.24) is 0 Å². The van der Waals surface area contributed by atoms with Crippen molar-refractivity contribution in [3.8, 4) is 0 Å². The lowest BCUT2D eigenvalue weighted by molar-refractivity contribution is -0.145. The van der Waals surface area contributed by atoms with E-state index in [1.54, 1.807) is 0 Å². The Hall–Kier alpha value is -1.95. The van der Waals surface area contributed by atoms with Gasteiger partial charge in [0.25, 0.3) is 0 Å². The minimum atomic E-state index is -1.96. The minimum absolute atomic E-state index is 0.0228. The van der Waals surface area contributed by atoms with E-state index in [0.29, 0.717) is 0 Å². The van der Waals surface area contributed by atoms with Gasteiger partial charge in [0.2, 0.25) is 0 Å². The van der Waals surface area contributed by atoms with Gasteiger partial charge in [-0.05, 0) is 6.92 Å². The zero-order valence-corrected chi connectivity index (χ0v) is 15.9. The molecule has 0 amide bonds. The van der Waals surface area contributed by atoms with Crippen LogP contribution in [0.1, 0.15) is 6.92 Å². The molecule has 0 aliphatic rings. The van der Waals surface area contributed by atoms with Gasteiger partial charge in [-0.15, -0.1) is 23.5 Å². The molecule has 0 radical (unpaired) electrons. The number of benzene rings is 2. The third-order valence-electron chi connectivity index (χ3n) is 3.73. The lowest BCUT2D eigenvalue weighted by atomic mass is 9.97. The number of hydrogen-bond acceptors (Lipinski definition) is 3. The van der Waals surface area contributed by atoms with Crippen LogP contribution in [0, 0.1) is 52.0 Å². The van der Waals surface area contributed by atoms with Crippen molar-refractivity contribution in [3.05, 3.63) is 58.7 Å². The van der Waals surface area contributed by atoms with E-state index in [1.807, 2.05) is 0 Å². The molecule has 1 N–H and O–H groups in total. The number of halogens is 8. The van der Waals surface area contributed by atoms with Crippen LogP contribution in [0.4, 0.5) is 35.1 Å². The van der Waals surface area contributed by atoms with Gasteiger partial charge >= 0.3 is 5.97 Å². The molecular weight excluding hydrogens is 452 g/mol. The summed E-state index contributed by atoms with van der Waals surface area (Å²) in [6.45, 7) is 1.02. The normalized spacial score (nSPS) is 11.8. The number of thioether (sulfide) groups is 2. The summed E-state index contributed by atoms with van der Waals surface area (Å²) >= 11 is 0.255. The first kappa shape index (κ1) is 23.3. The summed E-state index contributed by atoms with van der Waals surface area (Å²) in [6.07, 6.45) is 0. The number of rotatable bonds is 7. The minimum Gasteiger partial charge on any atom is -0.481 e. The van der Waals surface area contributed by atoms with Crippen molar-refractivity contribution in [2.45, 2.75) is 16.7 Å². The highest BCUT2D eigenvalue weighted by Crippen LogP contribution is 2.38. The second-order valence-electron chi connectivity index (χ2n) is 6.04. The molecule has 0 heterocycles. The smallest absolute Gasteiger partial charge is 0.311 e. The summed E-state index contributed by atoms with van der Waals surface area (Å²) in [5.41, 5.74) is -1.96. The molecule has 0 atom stereocenters. The maximum atomic E-state index is 13.7. The quantitative estimate of drug-likeness (QED) is 0.322. The van der Waals surface area contributed by atoms with Gasteiger partial charge in [0.05, 0.1) is 15.2 Å². The molecular formula is C17H10F8O2S2. The average Bonchev–Trinajstić information content (AvgIpc) is 2.64. The summed E-state index contributed by atoms with van der Waals surface area (Å²) < 4.78 is 108. The summed E-state index contributed by atoms with van der Waals surface area (Å²) in [5.74, 6) is -16.7. The highest BCUT2D eigenvalue weighted by Gasteiger charge is 2.36. The van der Waals surface area contributed by atoms with E-state index in [2.05, 4.69) is 0 Å². The maximum absolute atomic E-state index is 13.7. The van der Waals surface area contributed by atoms with E-state index >= 15 is 0 Å². The maximum Gasteiger partial charge on any atom is 0.311 e. The zero-order chi connectivity index (χ0) is 22.1. The summed E-state index contributed by atoms with van der Waals surface area (Å²) in [5, 5.41) is 9.39. The molecule has 0 aliphatic heterocycles. The lowest BCUT2D eigenvalue weighted by Gasteiger charge is -2.24. The number of hydrogen-bond donors (Lipinski definition) is 1. The van der Waals surface area contributed by atoms with E-state index < -0.39 is 79.2 Å². The van der Waals surface area contributed by atoms with Gasteiger partial charge in [0.15, 0.2) is 46.5 Å². The Labute approximate surface area is 167 Å². The van der Waals surface area contributed by atoms with Crippen molar-refractivity contribution in [2.75, 3.05) is 11.5 Å². The van der Waals surface area contributed by atoms with Gasteiger partial charge in [0.1, 0.15) is 0 Å². The monoisotopic (exact) mass is 462 g/mol. The molecule has 2 aromatic rings. The first-order valence-corrected chi connectivity index (χ1v) is 9.51. The van der Waals surface area contributed by atoms with Crippen LogP contribution < -0.4 is 0 Å². The first-order chi connectivity index (χ1) is 13.4. The predicted octanol–water partition coefficient (Wildman–Crippen LogP) is 5.77. The second-order valence-corrected chi connectivity index (χ2v) is 8.01. The fraction of sp³-hybridized carbons (Fsp3) is 0.235. The summed E-state index contributed by atoms with van der Waals surface area (Å²) in [4.78, 5) is 9.34. The fourth-order valence-corrected chi connectivity index (χ4v) is 4.39. The van der Waals surface area contributed by atoms with Crippen LogP contribution in [-0.4, -0.2) is 22.6 Å². The lowest BCUT2D eigenvalue weighted by Crippen LogP contribution is -2.33. The molecule has 29 heavy (non-hydrogen) atoms. The molecule has 2 nitrogen and oxygen atoms in total. The van der Waals surface area contributed by atoms with E-state index in [4.69, 9.17) is 0 Å². The molecule has 0 bridgehead atoms. The predicted molar refractivity (Wildman–Crippen MR) is 89.7 cm³/mol. The zero-order valence-electron chi connectivity index (χ0n) is 14.3. The molecule has 0 saturated heterocycles. The Morgan fingerprint density at radius 3 is 1.28 bits per heavy atom. The summed E-state index contributed by atoms with van der Waals surface area (Å²) in [6, 6.07) is -0.0456. The molecule has 158 valence electrons. The number of carboxylic acid groups (broad SMARTS) is 1. The number of carboxylic acids is 1. The van der Waals surface area contributed by atoms with E-state index in [1.165, 1.54) is 0 Å². The summed E-state index contributed by atoms with van der Waals surface area (Å²) in [7, 11) is 0. The van der Waals surface area contributed by atoms with Crippen LogP contribution in [-0.2, 0) is 4.79 Å². The van der Waals surface area contributed by atoms with Crippen LogP contribution in [0.3, 0.4) is 0 Å². The standard InChI is InChI=1S/C17H10F8O2S2/c1-17(16(26)27,4-28-14-10(22)6(18)2-7(19)11(14)23)5-29-15-12(24)8(20)3-9(21)13(15)25/h2-3H,4-5H2,1H3,(H,26,27).